The van der Waals surface area contributed by atoms with Crippen LogP contribution in [0.5, 0.6) is 0 Å². The summed E-state index contributed by atoms with van der Waals surface area (Å²) < 4.78 is 24.0. The number of azide groups is 2. The average Bonchev–Trinajstić information content (AvgIpc) is 2.52. The molecule has 1 rings (SSSR count). The Hall–Kier alpha value is -1.37. The zero-order chi connectivity index (χ0) is 17.2. The molecule has 1 fully saturated rings. The molecule has 4 unspecified atom stereocenters. The molecule has 0 N–H and O–H groups in total. The summed E-state index contributed by atoms with van der Waals surface area (Å²) in [6, 6.07) is 0. The fraction of sp³-hybridized carbons (Fsp3) is 0.889. The van der Waals surface area contributed by atoms with Gasteiger partial charge in [-0.15, -0.1) is 9.24 Å². The van der Waals surface area contributed by atoms with Crippen LogP contribution in [0.2, 0.25) is 0 Å². The van der Waals surface area contributed by atoms with Crippen LogP contribution in [0.1, 0.15) is 6.92 Å². The molecule has 1 amide bonds. The number of rotatable bonds is 8. The molecule has 0 radical (unpaired) electrons. The van der Waals surface area contributed by atoms with E-state index in [0.29, 0.717) is 13.1 Å². The summed E-state index contributed by atoms with van der Waals surface area (Å²) in [5.41, 5.74) is 16.6. The molecular weight excluding hydrogens is 346 g/mol. The molecule has 1 aliphatic rings. The van der Waals surface area contributed by atoms with Crippen molar-refractivity contribution in [1.29, 1.82) is 0 Å². The van der Waals surface area contributed by atoms with E-state index in [1.807, 2.05) is 0 Å². The Labute approximate surface area is 135 Å². The van der Waals surface area contributed by atoms with E-state index in [0.717, 1.165) is 4.67 Å². The lowest BCUT2D eigenvalue weighted by Gasteiger charge is -2.36. The van der Waals surface area contributed by atoms with Gasteiger partial charge in [-0.25, -0.2) is 4.67 Å². The van der Waals surface area contributed by atoms with Crippen LogP contribution in [0.15, 0.2) is 10.2 Å². The maximum Gasteiger partial charge on any atom is 0.261 e. The first-order chi connectivity index (χ1) is 11.0. The molecule has 23 heavy (non-hydrogen) atoms. The van der Waals surface area contributed by atoms with Gasteiger partial charge in [0.25, 0.3) is 8.18 Å². The van der Waals surface area contributed by atoms with Gasteiger partial charge in [0, 0.05) is 23.3 Å². The highest BCUT2D eigenvalue weighted by Gasteiger charge is 2.27. The minimum absolute atomic E-state index is 0.00445. The molecule has 1 aliphatic heterocycles. The molecule has 128 valence electrons. The van der Waals surface area contributed by atoms with Crippen LogP contribution in [-0.2, 0) is 18.6 Å². The first-order valence-corrected chi connectivity index (χ1v) is 8.51. The second-order valence-corrected chi connectivity index (χ2v) is 6.78. The van der Waals surface area contributed by atoms with Crippen LogP contribution in [-0.4, -0.2) is 60.5 Å². The summed E-state index contributed by atoms with van der Waals surface area (Å²) in [5, 5.41) is 6.54. The maximum atomic E-state index is 12.1. The topological polar surface area (TPSA) is 157 Å². The van der Waals surface area contributed by atoms with Crippen LogP contribution in [0.25, 0.3) is 20.9 Å². The Balaban J connectivity index is 2.55. The molecule has 0 bridgehead atoms. The van der Waals surface area contributed by atoms with Crippen LogP contribution in [0.4, 0.5) is 0 Å². The molecule has 4 atom stereocenters. The predicted octanol–water partition coefficient (Wildman–Crippen LogP) is 1.68. The van der Waals surface area contributed by atoms with E-state index in [-0.39, 0.29) is 31.7 Å². The van der Waals surface area contributed by atoms with Crippen LogP contribution >= 0.6 is 17.4 Å². The van der Waals surface area contributed by atoms with Crippen LogP contribution in [0, 0.1) is 0 Å². The highest BCUT2D eigenvalue weighted by molar-refractivity contribution is 7.36. The van der Waals surface area contributed by atoms with E-state index < -0.39 is 14.3 Å². The molecular formula is C9H18N8O4P2. The SMILES string of the molecule is CC(=O)N1CC(P)OC(CO[PH](=O)N(CN=[N+]=[N-])CN=[N+]=[N-])C1. The minimum atomic E-state index is -2.76. The molecule has 0 aromatic carbocycles. The highest BCUT2D eigenvalue weighted by Crippen LogP contribution is 2.29. The van der Waals surface area contributed by atoms with Gasteiger partial charge in [0.1, 0.15) is 0 Å². The van der Waals surface area contributed by atoms with Crippen molar-refractivity contribution in [3.63, 3.8) is 0 Å². The van der Waals surface area contributed by atoms with Gasteiger partial charge in [-0.3, -0.25) is 9.36 Å². The average molecular weight is 364 g/mol. The third-order valence-electron chi connectivity index (χ3n) is 2.88. The lowest BCUT2D eigenvalue weighted by atomic mass is 10.3. The number of carbonyl (C=O) groups is 1. The van der Waals surface area contributed by atoms with E-state index >= 15 is 0 Å². The number of ether oxygens (including phenoxy) is 1. The Bertz CT molecular complexity index is 516. The van der Waals surface area contributed by atoms with Crippen LogP contribution < -0.4 is 0 Å². The van der Waals surface area contributed by atoms with Crippen molar-refractivity contribution in [1.82, 2.24) is 9.57 Å². The summed E-state index contributed by atoms with van der Waals surface area (Å²) in [6.45, 7) is 1.77. The second kappa shape index (κ2) is 10.4. The number of hydrogen-bond donors (Lipinski definition) is 0. The van der Waals surface area contributed by atoms with E-state index in [1.165, 1.54) is 6.92 Å². The van der Waals surface area contributed by atoms with Crippen molar-refractivity contribution in [2.75, 3.05) is 33.0 Å². The molecule has 1 heterocycles. The number of amides is 1. The predicted molar refractivity (Wildman–Crippen MR) is 85.4 cm³/mol. The van der Waals surface area contributed by atoms with Gasteiger partial charge in [0.05, 0.1) is 38.4 Å². The molecule has 0 aromatic heterocycles. The molecule has 0 spiro atoms. The zero-order valence-corrected chi connectivity index (χ0v) is 14.6. The van der Waals surface area contributed by atoms with Gasteiger partial charge in [-0.2, -0.15) is 0 Å². The van der Waals surface area contributed by atoms with Crippen molar-refractivity contribution in [3.8, 4) is 0 Å². The monoisotopic (exact) mass is 364 g/mol. The normalized spacial score (nSPS) is 22.1. The fourth-order valence-corrected chi connectivity index (χ4v) is 3.19. The third kappa shape index (κ3) is 7.16. The molecule has 14 heteroatoms. The van der Waals surface area contributed by atoms with E-state index in [9.17, 15) is 9.36 Å². The van der Waals surface area contributed by atoms with Crippen molar-refractivity contribution < 1.29 is 18.6 Å². The van der Waals surface area contributed by atoms with Crippen molar-refractivity contribution >= 4 is 23.3 Å². The first-order valence-electron chi connectivity index (χ1n) is 6.58. The zero-order valence-electron chi connectivity index (χ0n) is 12.5. The van der Waals surface area contributed by atoms with Gasteiger partial charge in [0.2, 0.25) is 5.91 Å². The Morgan fingerprint density at radius 1 is 1.43 bits per heavy atom. The highest BCUT2D eigenvalue weighted by atomic mass is 31.1. The fourth-order valence-electron chi connectivity index (χ4n) is 1.84. The van der Waals surface area contributed by atoms with Crippen molar-refractivity contribution in [3.05, 3.63) is 20.9 Å². The number of nitrogens with zero attached hydrogens (tertiary/aromatic N) is 8. The lowest BCUT2D eigenvalue weighted by molar-refractivity contribution is -0.139. The standard InChI is InChI=1S/C9H18N8O4P2/c1-7(18)16-2-8(21-9(22)3-16)4-20-23(19)17(5-12-14-10)6-13-15-11/h8-9,23H,2-6,22H2,1H3. The quantitative estimate of drug-likeness (QED) is 0.277. The molecule has 1 saturated heterocycles. The first kappa shape index (κ1) is 19.7. The molecule has 0 saturated carbocycles. The van der Waals surface area contributed by atoms with Crippen molar-refractivity contribution in [2.45, 2.75) is 18.9 Å². The van der Waals surface area contributed by atoms with Gasteiger partial charge >= 0.3 is 0 Å². The van der Waals surface area contributed by atoms with E-state index in [4.69, 9.17) is 20.3 Å². The summed E-state index contributed by atoms with van der Waals surface area (Å²) in [4.78, 5) is 18.2. The molecule has 12 nitrogen and oxygen atoms in total. The maximum absolute atomic E-state index is 12.1. The summed E-state index contributed by atoms with van der Waals surface area (Å²) in [7, 11) is -0.286. The van der Waals surface area contributed by atoms with Crippen LogP contribution in [0.3, 0.4) is 0 Å². The largest absolute Gasteiger partial charge is 0.365 e. The van der Waals surface area contributed by atoms with Gasteiger partial charge in [-0.1, -0.05) is 10.2 Å². The summed E-state index contributed by atoms with van der Waals surface area (Å²) in [5.74, 6) is -0.308. The smallest absolute Gasteiger partial charge is 0.261 e. The Kier molecular flexibility index (Phi) is 8.91. The van der Waals surface area contributed by atoms with Gasteiger partial charge in [-0.05, 0) is 11.1 Å². The molecule has 0 aromatic rings. The number of morpholine rings is 1. The number of hydrogen-bond acceptors (Lipinski definition) is 6. The van der Waals surface area contributed by atoms with Crippen molar-refractivity contribution in [2.24, 2.45) is 10.2 Å². The molecule has 0 aliphatic carbocycles. The lowest BCUT2D eigenvalue weighted by Crippen LogP contribution is -2.48. The number of carbonyl (C=O) groups excluding carboxylic acids is 1. The van der Waals surface area contributed by atoms with E-state index in [2.05, 4.69) is 29.3 Å². The summed E-state index contributed by atoms with van der Waals surface area (Å²) in [6.07, 6.45) is -0.426. The van der Waals surface area contributed by atoms with Gasteiger partial charge in [0.15, 0.2) is 0 Å². The Morgan fingerprint density at radius 3 is 2.57 bits per heavy atom. The minimum Gasteiger partial charge on any atom is -0.365 e. The summed E-state index contributed by atoms with van der Waals surface area (Å²) >= 11 is 0. The third-order valence-corrected chi connectivity index (χ3v) is 4.46. The second-order valence-electron chi connectivity index (χ2n) is 4.58. The Morgan fingerprint density at radius 2 is 2.04 bits per heavy atom. The van der Waals surface area contributed by atoms with E-state index in [1.54, 1.807) is 4.90 Å². The van der Waals surface area contributed by atoms with Gasteiger partial charge < -0.3 is 14.2 Å².